The number of rotatable bonds is 5. The summed E-state index contributed by atoms with van der Waals surface area (Å²) >= 11 is 0. The summed E-state index contributed by atoms with van der Waals surface area (Å²) in [5.74, 6) is -0.000966. The van der Waals surface area contributed by atoms with E-state index in [1.54, 1.807) is 31.4 Å². The molecule has 0 aromatic heterocycles. The maximum atomic E-state index is 13.7. The van der Waals surface area contributed by atoms with Gasteiger partial charge in [0.05, 0.1) is 20.3 Å². The first kappa shape index (κ1) is 16.5. The minimum Gasteiger partial charge on any atom is -0.493 e. The van der Waals surface area contributed by atoms with Crippen LogP contribution in [0.5, 0.6) is 11.5 Å². The van der Waals surface area contributed by atoms with E-state index in [-0.39, 0.29) is 11.7 Å². The second-order valence-corrected chi connectivity index (χ2v) is 5.48. The van der Waals surface area contributed by atoms with Crippen molar-refractivity contribution in [3.05, 3.63) is 59.2 Å². The van der Waals surface area contributed by atoms with Crippen LogP contribution >= 0.6 is 0 Å². The van der Waals surface area contributed by atoms with Crippen LogP contribution in [0.25, 0.3) is 12.2 Å². The number of hydrogen-bond donors (Lipinski definition) is 0. The molecule has 0 amide bonds. The van der Waals surface area contributed by atoms with Crippen molar-refractivity contribution >= 4 is 12.2 Å². The molecule has 0 bridgehead atoms. The molecule has 5 heteroatoms. The van der Waals surface area contributed by atoms with E-state index in [9.17, 15) is 8.78 Å². The van der Waals surface area contributed by atoms with Crippen LogP contribution in [0.15, 0.2) is 36.4 Å². The average molecular weight is 332 g/mol. The van der Waals surface area contributed by atoms with Crippen molar-refractivity contribution in [2.24, 2.45) is 0 Å². The maximum absolute atomic E-state index is 13.7. The molecule has 1 fully saturated rings. The van der Waals surface area contributed by atoms with Crippen molar-refractivity contribution in [1.29, 1.82) is 0 Å². The van der Waals surface area contributed by atoms with Crippen LogP contribution in [-0.2, 0) is 4.74 Å². The van der Waals surface area contributed by atoms with E-state index in [2.05, 4.69) is 0 Å². The van der Waals surface area contributed by atoms with Crippen molar-refractivity contribution in [2.75, 3.05) is 20.3 Å². The molecule has 1 unspecified atom stereocenters. The predicted molar refractivity (Wildman–Crippen MR) is 88.1 cm³/mol. The van der Waals surface area contributed by atoms with E-state index < -0.39 is 11.6 Å². The summed E-state index contributed by atoms with van der Waals surface area (Å²) in [4.78, 5) is 0. The fraction of sp³-hybridized carbons (Fsp3) is 0.263. The van der Waals surface area contributed by atoms with Crippen LogP contribution in [0.1, 0.15) is 17.5 Å². The van der Waals surface area contributed by atoms with Crippen molar-refractivity contribution in [3.8, 4) is 11.5 Å². The standard InChI is InChI=1S/C19H18F2O3/c1-22-18-8-6-13(11-19(18)24-14-9-10-23-12-14)5-7-15-16(20)3-2-4-17(15)21/h2-8,11,14H,9-10,12H2,1H3/b7-5+. The number of hydrogen-bond acceptors (Lipinski definition) is 3. The second-order valence-electron chi connectivity index (χ2n) is 5.48. The lowest BCUT2D eigenvalue weighted by molar-refractivity contribution is 0.138. The van der Waals surface area contributed by atoms with Crippen molar-refractivity contribution in [3.63, 3.8) is 0 Å². The van der Waals surface area contributed by atoms with E-state index >= 15 is 0 Å². The third-order valence-electron chi connectivity index (χ3n) is 3.81. The Morgan fingerprint density at radius 3 is 2.54 bits per heavy atom. The molecule has 126 valence electrons. The molecule has 0 spiro atoms. The second kappa shape index (κ2) is 7.45. The molecule has 1 aliphatic heterocycles. The predicted octanol–water partition coefficient (Wildman–Crippen LogP) is 4.31. The van der Waals surface area contributed by atoms with Gasteiger partial charge in [0, 0.05) is 12.0 Å². The first-order valence-electron chi connectivity index (χ1n) is 7.72. The lowest BCUT2D eigenvalue weighted by Crippen LogP contribution is -2.16. The van der Waals surface area contributed by atoms with Gasteiger partial charge in [0.2, 0.25) is 0 Å². The van der Waals surface area contributed by atoms with Gasteiger partial charge >= 0.3 is 0 Å². The van der Waals surface area contributed by atoms with E-state index in [1.807, 2.05) is 0 Å². The fourth-order valence-electron chi connectivity index (χ4n) is 2.52. The molecule has 3 rings (SSSR count). The summed E-state index contributed by atoms with van der Waals surface area (Å²) in [5, 5.41) is 0. The summed E-state index contributed by atoms with van der Waals surface area (Å²) < 4.78 is 43.9. The molecule has 0 saturated carbocycles. The van der Waals surface area contributed by atoms with Gasteiger partial charge in [-0.1, -0.05) is 18.2 Å². The molecule has 0 N–H and O–H groups in total. The van der Waals surface area contributed by atoms with Gasteiger partial charge in [-0.2, -0.15) is 0 Å². The molecule has 24 heavy (non-hydrogen) atoms. The van der Waals surface area contributed by atoms with Crippen LogP contribution in [0.4, 0.5) is 8.78 Å². The Morgan fingerprint density at radius 2 is 1.88 bits per heavy atom. The van der Waals surface area contributed by atoms with E-state index in [4.69, 9.17) is 14.2 Å². The third kappa shape index (κ3) is 3.74. The summed E-state index contributed by atoms with van der Waals surface area (Å²) in [5.41, 5.74) is 0.687. The molecule has 0 aliphatic carbocycles. The zero-order valence-corrected chi connectivity index (χ0v) is 13.3. The molecule has 1 heterocycles. The lowest BCUT2D eigenvalue weighted by Gasteiger charge is -2.15. The third-order valence-corrected chi connectivity index (χ3v) is 3.81. The lowest BCUT2D eigenvalue weighted by atomic mass is 10.1. The zero-order chi connectivity index (χ0) is 16.9. The van der Waals surface area contributed by atoms with Gasteiger partial charge in [0.1, 0.15) is 17.7 Å². The summed E-state index contributed by atoms with van der Waals surface area (Å²) in [6, 6.07) is 9.14. The number of halogens is 2. The fourth-order valence-corrected chi connectivity index (χ4v) is 2.52. The highest BCUT2D eigenvalue weighted by molar-refractivity contribution is 5.71. The average Bonchev–Trinajstić information content (AvgIpc) is 3.08. The Labute approximate surface area is 139 Å². The minimum absolute atomic E-state index is 0.0119. The largest absolute Gasteiger partial charge is 0.493 e. The van der Waals surface area contributed by atoms with Crippen LogP contribution in [0.3, 0.4) is 0 Å². The molecule has 3 nitrogen and oxygen atoms in total. The number of benzene rings is 2. The topological polar surface area (TPSA) is 27.7 Å². The SMILES string of the molecule is COc1ccc(/C=C/c2c(F)cccc2F)cc1OC1CCOC1. The summed E-state index contributed by atoms with van der Waals surface area (Å²) in [7, 11) is 1.57. The summed E-state index contributed by atoms with van der Waals surface area (Å²) in [6.45, 7) is 1.22. The van der Waals surface area contributed by atoms with Crippen LogP contribution in [0, 0.1) is 11.6 Å². The van der Waals surface area contributed by atoms with Crippen LogP contribution in [-0.4, -0.2) is 26.4 Å². The van der Waals surface area contributed by atoms with Gasteiger partial charge in [-0.25, -0.2) is 8.78 Å². The van der Waals surface area contributed by atoms with Gasteiger partial charge in [-0.3, -0.25) is 0 Å². The summed E-state index contributed by atoms with van der Waals surface area (Å²) in [6.07, 6.45) is 3.86. The van der Waals surface area contributed by atoms with Gasteiger partial charge in [-0.05, 0) is 35.9 Å². The normalized spacial score (nSPS) is 17.4. The van der Waals surface area contributed by atoms with Crippen molar-refractivity contribution in [2.45, 2.75) is 12.5 Å². The molecule has 2 aromatic carbocycles. The highest BCUT2D eigenvalue weighted by Crippen LogP contribution is 2.31. The Hall–Kier alpha value is -2.40. The van der Waals surface area contributed by atoms with Gasteiger partial charge in [-0.15, -0.1) is 0 Å². The van der Waals surface area contributed by atoms with Crippen LogP contribution < -0.4 is 9.47 Å². The zero-order valence-electron chi connectivity index (χ0n) is 13.3. The molecular formula is C19H18F2O3. The monoisotopic (exact) mass is 332 g/mol. The highest BCUT2D eigenvalue weighted by atomic mass is 19.1. The van der Waals surface area contributed by atoms with Gasteiger partial charge < -0.3 is 14.2 Å². The quantitative estimate of drug-likeness (QED) is 0.764. The highest BCUT2D eigenvalue weighted by Gasteiger charge is 2.19. The van der Waals surface area contributed by atoms with Crippen molar-refractivity contribution in [1.82, 2.24) is 0 Å². The molecule has 1 atom stereocenters. The minimum atomic E-state index is -0.598. The molecular weight excluding hydrogens is 314 g/mol. The number of ether oxygens (including phenoxy) is 3. The Morgan fingerprint density at radius 1 is 1.08 bits per heavy atom. The van der Waals surface area contributed by atoms with Gasteiger partial charge in [0.25, 0.3) is 0 Å². The Balaban J connectivity index is 1.84. The van der Waals surface area contributed by atoms with E-state index in [0.29, 0.717) is 24.7 Å². The first-order chi connectivity index (χ1) is 11.7. The smallest absolute Gasteiger partial charge is 0.162 e. The van der Waals surface area contributed by atoms with Gasteiger partial charge in [0.15, 0.2) is 11.5 Å². The molecule has 1 aliphatic rings. The Bertz CT molecular complexity index is 717. The Kier molecular flexibility index (Phi) is 5.11. The first-order valence-corrected chi connectivity index (χ1v) is 7.72. The van der Waals surface area contributed by atoms with Crippen molar-refractivity contribution < 1.29 is 23.0 Å². The maximum Gasteiger partial charge on any atom is 0.162 e. The molecule has 2 aromatic rings. The molecule has 0 radical (unpaired) electrons. The number of methoxy groups -OCH3 is 1. The van der Waals surface area contributed by atoms with E-state index in [1.165, 1.54) is 24.3 Å². The molecule has 1 saturated heterocycles. The van der Waals surface area contributed by atoms with Crippen LogP contribution in [0.2, 0.25) is 0 Å². The van der Waals surface area contributed by atoms with E-state index in [0.717, 1.165) is 12.0 Å².